The van der Waals surface area contributed by atoms with E-state index in [0.717, 1.165) is 0 Å². The predicted molar refractivity (Wildman–Crippen MR) is 66.5 cm³/mol. The van der Waals surface area contributed by atoms with Crippen LogP contribution < -0.4 is 5.32 Å². The number of aromatic amines is 1. The van der Waals surface area contributed by atoms with Crippen LogP contribution in [0.2, 0.25) is 0 Å². The van der Waals surface area contributed by atoms with E-state index in [0.29, 0.717) is 5.56 Å². The Labute approximate surface area is 117 Å². The molecule has 10 heteroatoms. The van der Waals surface area contributed by atoms with E-state index < -0.39 is 17.9 Å². The number of aromatic nitrogens is 4. The van der Waals surface area contributed by atoms with Crippen LogP contribution in [-0.2, 0) is 11.2 Å². The van der Waals surface area contributed by atoms with E-state index in [2.05, 4.69) is 25.9 Å². The van der Waals surface area contributed by atoms with Gasteiger partial charge in [-0.3, -0.25) is 4.79 Å². The number of nitrogens with zero attached hydrogens (tertiary/aromatic N) is 3. The van der Waals surface area contributed by atoms with Crippen LogP contribution in [0, 0.1) is 0 Å². The van der Waals surface area contributed by atoms with E-state index in [9.17, 15) is 19.8 Å². The smallest absolute Gasteiger partial charge is 0.326 e. The van der Waals surface area contributed by atoms with E-state index in [1.807, 2.05) is 0 Å². The first kappa shape index (κ1) is 14.2. The summed E-state index contributed by atoms with van der Waals surface area (Å²) >= 11 is 0. The molecule has 0 aliphatic heterocycles. The molecule has 2 rings (SSSR count). The van der Waals surface area contributed by atoms with E-state index in [-0.39, 0.29) is 23.7 Å². The molecule has 21 heavy (non-hydrogen) atoms. The number of carbonyl (C=O) groups excluding carboxylic acids is 1. The maximum absolute atomic E-state index is 11.7. The van der Waals surface area contributed by atoms with E-state index in [1.165, 1.54) is 18.2 Å². The maximum atomic E-state index is 11.7. The molecule has 110 valence electrons. The van der Waals surface area contributed by atoms with Crippen molar-refractivity contribution in [1.29, 1.82) is 0 Å². The van der Waals surface area contributed by atoms with Gasteiger partial charge in [-0.05, 0) is 22.9 Å². The molecule has 10 nitrogen and oxygen atoms in total. The summed E-state index contributed by atoms with van der Waals surface area (Å²) in [4.78, 5) is 22.9. The van der Waals surface area contributed by atoms with Gasteiger partial charge in [-0.1, -0.05) is 6.07 Å². The number of aliphatic carboxylic acids is 1. The van der Waals surface area contributed by atoms with Crippen molar-refractivity contribution in [2.24, 2.45) is 0 Å². The van der Waals surface area contributed by atoms with Gasteiger partial charge in [0, 0.05) is 6.42 Å². The number of hydrogen-bond donors (Lipinski definition) is 5. The summed E-state index contributed by atoms with van der Waals surface area (Å²) in [6.07, 6.45) is -0.0905. The zero-order valence-electron chi connectivity index (χ0n) is 10.5. The van der Waals surface area contributed by atoms with Crippen molar-refractivity contribution in [2.45, 2.75) is 12.5 Å². The normalized spacial score (nSPS) is 11.8. The minimum atomic E-state index is -1.26. The van der Waals surface area contributed by atoms with Crippen molar-refractivity contribution in [2.75, 3.05) is 0 Å². The number of amides is 1. The molecule has 0 saturated carbocycles. The standard InChI is InChI=1S/C11H11N5O5/c17-7-2-1-5(4-8(7)18)3-6(11(20)21)12-10(19)9-13-15-16-14-9/h1-2,4,6,17-18H,3H2,(H,12,19)(H,20,21)(H,13,14,15,16). The van der Waals surface area contributed by atoms with Crippen LogP contribution in [0.15, 0.2) is 18.2 Å². The van der Waals surface area contributed by atoms with Crippen molar-refractivity contribution in [3.05, 3.63) is 29.6 Å². The van der Waals surface area contributed by atoms with Gasteiger partial charge in [0.25, 0.3) is 11.7 Å². The molecule has 1 amide bonds. The molecule has 1 heterocycles. The summed E-state index contributed by atoms with van der Waals surface area (Å²) in [5, 5.41) is 42.1. The highest BCUT2D eigenvalue weighted by Crippen LogP contribution is 2.25. The molecule has 0 radical (unpaired) electrons. The fourth-order valence-electron chi connectivity index (χ4n) is 1.61. The number of nitrogens with one attached hydrogen (secondary N) is 2. The Morgan fingerprint density at radius 3 is 2.62 bits per heavy atom. The van der Waals surface area contributed by atoms with Crippen LogP contribution in [0.4, 0.5) is 0 Å². The van der Waals surface area contributed by atoms with Crippen LogP contribution in [0.3, 0.4) is 0 Å². The summed E-state index contributed by atoms with van der Waals surface area (Å²) in [5.74, 6) is -3.03. The van der Waals surface area contributed by atoms with Gasteiger partial charge in [-0.2, -0.15) is 5.21 Å². The maximum Gasteiger partial charge on any atom is 0.326 e. The lowest BCUT2D eigenvalue weighted by molar-refractivity contribution is -0.139. The van der Waals surface area contributed by atoms with Crippen LogP contribution in [0.1, 0.15) is 16.2 Å². The first-order chi connectivity index (χ1) is 9.97. The molecule has 1 aromatic heterocycles. The fraction of sp³-hybridized carbons (Fsp3) is 0.182. The third kappa shape index (κ3) is 3.43. The Hall–Kier alpha value is -3.17. The number of benzene rings is 1. The summed E-state index contributed by atoms with van der Waals surface area (Å²) in [7, 11) is 0. The van der Waals surface area contributed by atoms with Gasteiger partial charge in [0.05, 0.1) is 0 Å². The van der Waals surface area contributed by atoms with Gasteiger partial charge in [0.15, 0.2) is 11.5 Å². The van der Waals surface area contributed by atoms with Crippen molar-refractivity contribution in [3.8, 4) is 11.5 Å². The molecule has 1 unspecified atom stereocenters. The second kappa shape index (κ2) is 5.86. The molecule has 0 bridgehead atoms. The Morgan fingerprint density at radius 1 is 1.29 bits per heavy atom. The van der Waals surface area contributed by atoms with E-state index in [1.54, 1.807) is 0 Å². The molecule has 5 N–H and O–H groups in total. The molecule has 0 fully saturated rings. The monoisotopic (exact) mass is 293 g/mol. The molecular weight excluding hydrogens is 282 g/mol. The molecule has 0 aliphatic rings. The summed E-state index contributed by atoms with van der Waals surface area (Å²) in [6.45, 7) is 0. The van der Waals surface area contributed by atoms with Crippen molar-refractivity contribution in [3.63, 3.8) is 0 Å². The van der Waals surface area contributed by atoms with Gasteiger partial charge in [0.2, 0.25) is 0 Å². The topological polar surface area (TPSA) is 161 Å². The van der Waals surface area contributed by atoms with Gasteiger partial charge >= 0.3 is 5.97 Å². The Balaban J connectivity index is 2.10. The number of tetrazole rings is 1. The second-order valence-electron chi connectivity index (χ2n) is 4.13. The first-order valence-electron chi connectivity index (χ1n) is 5.75. The molecule has 2 aromatic rings. The fourth-order valence-corrected chi connectivity index (χ4v) is 1.61. The molecule has 0 aliphatic carbocycles. The quantitative estimate of drug-likeness (QED) is 0.440. The number of rotatable bonds is 5. The molecule has 0 saturated heterocycles. The van der Waals surface area contributed by atoms with Crippen LogP contribution in [0.25, 0.3) is 0 Å². The van der Waals surface area contributed by atoms with E-state index in [4.69, 9.17) is 5.11 Å². The molecular formula is C11H11N5O5. The second-order valence-corrected chi connectivity index (χ2v) is 4.13. The number of aromatic hydroxyl groups is 2. The number of hydrogen-bond acceptors (Lipinski definition) is 7. The average molecular weight is 293 g/mol. The number of carboxylic acids is 1. The number of carbonyl (C=O) groups is 2. The van der Waals surface area contributed by atoms with Gasteiger partial charge in [-0.15, -0.1) is 10.2 Å². The zero-order valence-corrected chi connectivity index (χ0v) is 10.5. The highest BCUT2D eigenvalue weighted by molar-refractivity contribution is 5.93. The lowest BCUT2D eigenvalue weighted by Crippen LogP contribution is -2.42. The first-order valence-corrected chi connectivity index (χ1v) is 5.75. The molecule has 1 aromatic carbocycles. The number of H-pyrrole nitrogens is 1. The highest BCUT2D eigenvalue weighted by atomic mass is 16.4. The van der Waals surface area contributed by atoms with Gasteiger partial charge in [0.1, 0.15) is 6.04 Å². The van der Waals surface area contributed by atoms with Gasteiger partial charge < -0.3 is 20.6 Å². The summed E-state index contributed by atoms with van der Waals surface area (Å²) in [5.41, 5.74) is 0.422. The third-order valence-electron chi connectivity index (χ3n) is 2.63. The van der Waals surface area contributed by atoms with E-state index >= 15 is 0 Å². The Kier molecular flexibility index (Phi) is 3.97. The van der Waals surface area contributed by atoms with Crippen LogP contribution >= 0.6 is 0 Å². The summed E-state index contributed by atoms with van der Waals surface area (Å²) in [6, 6.07) is 2.63. The number of phenols is 2. The van der Waals surface area contributed by atoms with Crippen LogP contribution in [-0.4, -0.2) is 53.9 Å². The molecule has 0 spiro atoms. The van der Waals surface area contributed by atoms with Crippen LogP contribution in [0.5, 0.6) is 11.5 Å². The van der Waals surface area contributed by atoms with Crippen molar-refractivity contribution in [1.82, 2.24) is 25.9 Å². The number of carboxylic acid groups (broad SMARTS) is 1. The zero-order chi connectivity index (χ0) is 15.4. The average Bonchev–Trinajstić information content (AvgIpc) is 2.96. The van der Waals surface area contributed by atoms with Gasteiger partial charge in [-0.25, -0.2) is 4.79 Å². The highest BCUT2D eigenvalue weighted by Gasteiger charge is 2.23. The largest absolute Gasteiger partial charge is 0.504 e. The minimum absolute atomic E-state index is 0.0905. The lowest BCUT2D eigenvalue weighted by atomic mass is 10.1. The SMILES string of the molecule is O=C(NC(Cc1ccc(O)c(O)c1)C(=O)O)c1nn[nH]n1. The van der Waals surface area contributed by atoms with Crippen molar-refractivity contribution >= 4 is 11.9 Å². The predicted octanol–water partition coefficient (Wildman–Crippen LogP) is -0.963. The van der Waals surface area contributed by atoms with Crippen molar-refractivity contribution < 1.29 is 24.9 Å². The Morgan fingerprint density at radius 2 is 2.05 bits per heavy atom. The Bertz CT molecular complexity index is 657. The third-order valence-corrected chi connectivity index (χ3v) is 2.63. The number of phenolic OH excluding ortho intramolecular Hbond substituents is 2. The lowest BCUT2D eigenvalue weighted by Gasteiger charge is -2.13. The summed E-state index contributed by atoms with van der Waals surface area (Å²) < 4.78 is 0. The molecule has 1 atom stereocenters. The minimum Gasteiger partial charge on any atom is -0.504 e.